The number of benzene rings is 2. The van der Waals surface area contributed by atoms with Gasteiger partial charge in [-0.2, -0.15) is 0 Å². The van der Waals surface area contributed by atoms with Gasteiger partial charge in [0.2, 0.25) is 0 Å². The van der Waals surface area contributed by atoms with Crippen LogP contribution in [0.25, 0.3) is 0 Å². The van der Waals surface area contributed by atoms with Gasteiger partial charge in [0.05, 0.1) is 12.1 Å². The van der Waals surface area contributed by atoms with Crippen LogP contribution in [0.1, 0.15) is 35.7 Å². The summed E-state index contributed by atoms with van der Waals surface area (Å²) in [4.78, 5) is 12.5. The second-order valence-corrected chi connectivity index (χ2v) is 7.29. The van der Waals surface area contributed by atoms with Gasteiger partial charge in [-0.15, -0.1) is 0 Å². The summed E-state index contributed by atoms with van der Waals surface area (Å²) in [5.41, 5.74) is 2.64. The summed E-state index contributed by atoms with van der Waals surface area (Å²) in [6.45, 7) is 6.68. The van der Waals surface area contributed by atoms with E-state index in [1.165, 1.54) is 5.56 Å². The molecule has 2 rings (SSSR count). The Morgan fingerprint density at radius 2 is 1.83 bits per heavy atom. The van der Waals surface area contributed by atoms with Crippen molar-refractivity contribution in [2.45, 2.75) is 38.3 Å². The summed E-state index contributed by atoms with van der Waals surface area (Å²) in [6, 6.07) is 16.0. The van der Waals surface area contributed by atoms with Gasteiger partial charge in [0.15, 0.2) is 0 Å². The SMILES string of the molecule is C=C(C)NCCc1ccc(OCC(NC(=O)c2ccccc2)C(O)CCCO)cc1. The van der Waals surface area contributed by atoms with E-state index >= 15 is 0 Å². The lowest BCUT2D eigenvalue weighted by molar-refractivity contribution is 0.0677. The maximum atomic E-state index is 12.5. The number of nitrogens with one attached hydrogen (secondary N) is 2. The minimum atomic E-state index is -0.822. The van der Waals surface area contributed by atoms with Gasteiger partial charge in [0, 0.05) is 24.4 Å². The fourth-order valence-corrected chi connectivity index (χ4v) is 2.95. The normalized spacial score (nSPS) is 12.6. The molecule has 6 nitrogen and oxygen atoms in total. The van der Waals surface area contributed by atoms with Crippen molar-refractivity contribution in [1.29, 1.82) is 0 Å². The molecular formula is C24H32N2O4. The summed E-state index contributed by atoms with van der Waals surface area (Å²) >= 11 is 0. The number of carbonyl (C=O) groups excluding carboxylic acids is 1. The summed E-state index contributed by atoms with van der Waals surface area (Å²) < 4.78 is 5.84. The third-order valence-electron chi connectivity index (χ3n) is 4.67. The lowest BCUT2D eigenvalue weighted by Crippen LogP contribution is -2.47. The molecule has 0 heterocycles. The second kappa shape index (κ2) is 12.7. The van der Waals surface area contributed by atoms with Crippen molar-refractivity contribution in [2.24, 2.45) is 0 Å². The van der Waals surface area contributed by atoms with Crippen molar-refractivity contribution in [3.63, 3.8) is 0 Å². The molecule has 0 aromatic heterocycles. The first-order valence-electron chi connectivity index (χ1n) is 10.3. The van der Waals surface area contributed by atoms with Gasteiger partial charge in [-0.1, -0.05) is 36.9 Å². The highest BCUT2D eigenvalue weighted by molar-refractivity contribution is 5.94. The number of hydrogen-bond acceptors (Lipinski definition) is 5. The Hall–Kier alpha value is -2.83. The standard InChI is InChI=1S/C24H32N2O4/c1-18(2)25-15-14-19-10-12-21(13-11-19)30-17-22(23(28)9-6-16-27)26-24(29)20-7-4-3-5-8-20/h3-5,7-8,10-13,22-23,25,27-28H,1,6,9,14-17H2,2H3,(H,26,29). The van der Waals surface area contributed by atoms with Gasteiger partial charge >= 0.3 is 0 Å². The Bertz CT molecular complexity index is 778. The van der Waals surface area contributed by atoms with E-state index < -0.39 is 12.1 Å². The van der Waals surface area contributed by atoms with Crippen LogP contribution in [0.15, 0.2) is 66.9 Å². The molecule has 162 valence electrons. The van der Waals surface area contributed by atoms with Gasteiger partial charge in [0.1, 0.15) is 12.4 Å². The molecule has 6 heteroatoms. The van der Waals surface area contributed by atoms with Crippen LogP contribution in [0.4, 0.5) is 0 Å². The first-order valence-corrected chi connectivity index (χ1v) is 10.3. The number of allylic oxidation sites excluding steroid dienone is 1. The predicted molar refractivity (Wildman–Crippen MR) is 118 cm³/mol. The summed E-state index contributed by atoms with van der Waals surface area (Å²) in [6.07, 6.45) is 0.875. The van der Waals surface area contributed by atoms with E-state index in [1.807, 2.05) is 37.3 Å². The Morgan fingerprint density at radius 1 is 1.13 bits per heavy atom. The van der Waals surface area contributed by atoms with Crippen molar-refractivity contribution in [3.05, 3.63) is 78.0 Å². The van der Waals surface area contributed by atoms with Crippen LogP contribution in [0.2, 0.25) is 0 Å². The monoisotopic (exact) mass is 412 g/mol. The highest BCUT2D eigenvalue weighted by Gasteiger charge is 2.22. The molecule has 0 fully saturated rings. The van der Waals surface area contributed by atoms with Gasteiger partial charge in [-0.25, -0.2) is 0 Å². The summed E-state index contributed by atoms with van der Waals surface area (Å²) in [7, 11) is 0. The molecule has 0 saturated heterocycles. The zero-order chi connectivity index (χ0) is 21.8. The first-order chi connectivity index (χ1) is 14.5. The molecule has 0 spiro atoms. The molecule has 2 aromatic carbocycles. The van der Waals surface area contributed by atoms with E-state index in [0.717, 1.165) is 18.7 Å². The lowest BCUT2D eigenvalue weighted by atomic mass is 10.1. The van der Waals surface area contributed by atoms with Crippen molar-refractivity contribution >= 4 is 5.91 Å². The van der Waals surface area contributed by atoms with E-state index in [2.05, 4.69) is 17.2 Å². The zero-order valence-electron chi connectivity index (χ0n) is 17.5. The van der Waals surface area contributed by atoms with E-state index in [4.69, 9.17) is 9.84 Å². The number of aliphatic hydroxyl groups excluding tert-OH is 2. The van der Waals surface area contributed by atoms with Crippen molar-refractivity contribution in [2.75, 3.05) is 19.8 Å². The number of carbonyl (C=O) groups is 1. The molecular weight excluding hydrogens is 380 g/mol. The Labute approximate surface area is 178 Å². The van der Waals surface area contributed by atoms with E-state index in [1.54, 1.807) is 24.3 Å². The number of aliphatic hydroxyl groups is 2. The molecule has 0 bridgehead atoms. The fraction of sp³-hybridized carbons (Fsp3) is 0.375. The van der Waals surface area contributed by atoms with Crippen LogP contribution >= 0.6 is 0 Å². The molecule has 0 aliphatic heterocycles. The number of amides is 1. The second-order valence-electron chi connectivity index (χ2n) is 7.29. The number of hydrogen-bond donors (Lipinski definition) is 4. The number of ether oxygens (including phenoxy) is 1. The first kappa shape index (κ1) is 23.4. The van der Waals surface area contributed by atoms with Crippen LogP contribution in [-0.4, -0.2) is 48.0 Å². The summed E-state index contributed by atoms with van der Waals surface area (Å²) in [5, 5.41) is 25.6. The number of rotatable bonds is 13. The van der Waals surface area contributed by atoms with Crippen LogP contribution in [0, 0.1) is 0 Å². The van der Waals surface area contributed by atoms with Gasteiger partial charge in [0.25, 0.3) is 5.91 Å². The highest BCUT2D eigenvalue weighted by Crippen LogP contribution is 2.14. The van der Waals surface area contributed by atoms with E-state index in [9.17, 15) is 9.90 Å². The average molecular weight is 413 g/mol. The highest BCUT2D eigenvalue weighted by atomic mass is 16.5. The van der Waals surface area contributed by atoms with E-state index in [-0.39, 0.29) is 19.1 Å². The average Bonchev–Trinajstić information content (AvgIpc) is 2.76. The molecule has 2 atom stereocenters. The predicted octanol–water partition coefficient (Wildman–Crippen LogP) is 2.66. The largest absolute Gasteiger partial charge is 0.491 e. The molecule has 2 unspecified atom stereocenters. The maximum Gasteiger partial charge on any atom is 0.251 e. The smallest absolute Gasteiger partial charge is 0.251 e. The Morgan fingerprint density at radius 3 is 2.47 bits per heavy atom. The van der Waals surface area contributed by atoms with Crippen molar-refractivity contribution in [1.82, 2.24) is 10.6 Å². The molecule has 30 heavy (non-hydrogen) atoms. The van der Waals surface area contributed by atoms with Gasteiger partial charge in [-0.3, -0.25) is 4.79 Å². The maximum absolute atomic E-state index is 12.5. The van der Waals surface area contributed by atoms with Crippen molar-refractivity contribution < 1.29 is 19.7 Å². The van der Waals surface area contributed by atoms with Gasteiger partial charge in [-0.05, 0) is 56.0 Å². The lowest BCUT2D eigenvalue weighted by Gasteiger charge is -2.24. The summed E-state index contributed by atoms with van der Waals surface area (Å²) in [5.74, 6) is 0.396. The van der Waals surface area contributed by atoms with Crippen LogP contribution < -0.4 is 15.4 Å². The molecule has 0 radical (unpaired) electrons. The molecule has 0 aliphatic rings. The third-order valence-corrected chi connectivity index (χ3v) is 4.67. The molecule has 4 N–H and O–H groups in total. The zero-order valence-corrected chi connectivity index (χ0v) is 17.5. The minimum absolute atomic E-state index is 0.0149. The van der Waals surface area contributed by atoms with Crippen LogP contribution in [0.5, 0.6) is 5.75 Å². The molecule has 0 saturated carbocycles. The topological polar surface area (TPSA) is 90.8 Å². The fourth-order valence-electron chi connectivity index (χ4n) is 2.95. The molecule has 2 aromatic rings. The van der Waals surface area contributed by atoms with E-state index in [0.29, 0.717) is 24.2 Å². The molecule has 1 amide bonds. The quantitative estimate of drug-likeness (QED) is 0.406. The Balaban J connectivity index is 1.94. The Kier molecular flexibility index (Phi) is 9.91. The third kappa shape index (κ3) is 8.27. The molecule has 0 aliphatic carbocycles. The van der Waals surface area contributed by atoms with Crippen LogP contribution in [-0.2, 0) is 6.42 Å². The van der Waals surface area contributed by atoms with Crippen molar-refractivity contribution in [3.8, 4) is 5.75 Å². The van der Waals surface area contributed by atoms with Gasteiger partial charge < -0.3 is 25.6 Å². The van der Waals surface area contributed by atoms with Crippen LogP contribution in [0.3, 0.4) is 0 Å². The minimum Gasteiger partial charge on any atom is -0.491 e.